The monoisotopic (exact) mass is 492 g/mol. The fraction of sp³-hybridized carbons (Fsp3) is 0. The fourth-order valence-corrected chi connectivity index (χ4v) is 5.50. The summed E-state index contributed by atoms with van der Waals surface area (Å²) < 4.78 is 0. The molecule has 5 aromatic heterocycles. The first kappa shape index (κ1) is 21.5. The van der Waals surface area contributed by atoms with Gasteiger partial charge in [-0.15, -0.1) is 11.3 Å². The fourth-order valence-electron chi connectivity index (χ4n) is 4.49. The third-order valence-electron chi connectivity index (χ3n) is 6.46. The van der Waals surface area contributed by atoms with E-state index in [0.717, 1.165) is 44.6 Å². The van der Waals surface area contributed by atoms with Crippen LogP contribution in [-0.2, 0) is 0 Å². The lowest BCUT2D eigenvalue weighted by Crippen LogP contribution is -1.87. The molecular weight excluding hydrogens is 472 g/mol. The molecule has 0 N–H and O–H groups in total. The largest absolute Gasteiger partial charge is 0.237 e. The van der Waals surface area contributed by atoms with Crippen molar-refractivity contribution < 1.29 is 0 Å². The molecule has 7 rings (SSSR count). The van der Waals surface area contributed by atoms with E-state index in [2.05, 4.69) is 94.9 Å². The van der Waals surface area contributed by atoms with Gasteiger partial charge in [-0.2, -0.15) is 0 Å². The van der Waals surface area contributed by atoms with E-state index in [4.69, 9.17) is 9.97 Å². The van der Waals surface area contributed by atoms with E-state index in [1.165, 1.54) is 20.9 Å². The van der Waals surface area contributed by atoms with Gasteiger partial charge in [-0.05, 0) is 71.8 Å². The maximum Gasteiger partial charge on any atom is 0.159 e. The molecule has 0 atom stereocenters. The Morgan fingerprint density at radius 1 is 0.405 bits per heavy atom. The van der Waals surface area contributed by atoms with Crippen LogP contribution in [0.1, 0.15) is 0 Å². The summed E-state index contributed by atoms with van der Waals surface area (Å²) in [5.74, 6) is 0. The SMILES string of the molecule is c1cnc2nc(-c3ccc(-c4ccc(-c5ccc(-c6ccc7cccnc7n6)cc5)s4)cc3)ccc2c1. The first-order valence-electron chi connectivity index (χ1n) is 12.1. The summed E-state index contributed by atoms with van der Waals surface area (Å²) in [7, 11) is 0. The molecule has 0 fully saturated rings. The molecule has 0 aliphatic rings. The van der Waals surface area contributed by atoms with Gasteiger partial charge >= 0.3 is 0 Å². The third kappa shape index (κ3) is 4.15. The number of nitrogens with zero attached hydrogens (tertiary/aromatic N) is 4. The lowest BCUT2D eigenvalue weighted by molar-refractivity contribution is 1.29. The molecule has 0 radical (unpaired) electrons. The minimum absolute atomic E-state index is 0.769. The first-order chi connectivity index (χ1) is 18.3. The summed E-state index contributed by atoms with van der Waals surface area (Å²) in [6, 6.07) is 37.7. The summed E-state index contributed by atoms with van der Waals surface area (Å²) in [6.07, 6.45) is 3.56. The predicted octanol–water partition coefficient (Wildman–Crippen LogP) is 8.30. The molecule has 174 valence electrons. The van der Waals surface area contributed by atoms with Crippen LogP contribution in [0.2, 0.25) is 0 Å². The topological polar surface area (TPSA) is 51.6 Å². The van der Waals surface area contributed by atoms with Gasteiger partial charge in [0.05, 0.1) is 11.4 Å². The molecule has 0 aliphatic heterocycles. The van der Waals surface area contributed by atoms with E-state index in [0.29, 0.717) is 0 Å². The summed E-state index contributed by atoms with van der Waals surface area (Å²) in [5, 5.41) is 2.10. The molecule has 0 saturated carbocycles. The van der Waals surface area contributed by atoms with Crippen LogP contribution in [0, 0.1) is 0 Å². The summed E-state index contributed by atoms with van der Waals surface area (Å²) >= 11 is 1.79. The zero-order valence-electron chi connectivity index (χ0n) is 19.7. The highest BCUT2D eigenvalue weighted by Gasteiger charge is 2.08. The van der Waals surface area contributed by atoms with E-state index in [1.54, 1.807) is 23.7 Å². The minimum atomic E-state index is 0.769. The molecule has 0 bridgehead atoms. The molecule has 2 aromatic carbocycles. The van der Waals surface area contributed by atoms with E-state index < -0.39 is 0 Å². The van der Waals surface area contributed by atoms with Crippen LogP contribution >= 0.6 is 11.3 Å². The van der Waals surface area contributed by atoms with Crippen LogP contribution in [-0.4, -0.2) is 19.9 Å². The van der Waals surface area contributed by atoms with E-state index in [1.807, 2.05) is 24.3 Å². The number of hydrogen-bond donors (Lipinski definition) is 0. The highest BCUT2D eigenvalue weighted by atomic mass is 32.1. The Morgan fingerprint density at radius 3 is 1.30 bits per heavy atom. The summed E-state index contributed by atoms with van der Waals surface area (Å²) in [5.41, 5.74) is 7.97. The van der Waals surface area contributed by atoms with Crippen LogP contribution < -0.4 is 0 Å². The highest BCUT2D eigenvalue weighted by molar-refractivity contribution is 7.18. The number of rotatable bonds is 4. The standard InChI is InChI=1S/C32H20N4S/c1-3-25-13-15-27(35-31(25)33-19-1)21-5-9-23(10-6-21)29-17-18-30(37-29)24-11-7-22(8-12-24)28-16-14-26-4-2-20-34-32(26)36-28/h1-20H. The van der Waals surface area contributed by atoms with Gasteiger partial charge in [0.2, 0.25) is 0 Å². The molecule has 0 saturated heterocycles. The van der Waals surface area contributed by atoms with Crippen LogP contribution in [0.4, 0.5) is 0 Å². The van der Waals surface area contributed by atoms with Crippen molar-refractivity contribution in [2.75, 3.05) is 0 Å². The van der Waals surface area contributed by atoms with Gasteiger partial charge < -0.3 is 0 Å². The van der Waals surface area contributed by atoms with Crippen molar-refractivity contribution in [2.45, 2.75) is 0 Å². The zero-order valence-corrected chi connectivity index (χ0v) is 20.6. The Kier molecular flexibility index (Phi) is 5.26. The predicted molar refractivity (Wildman–Crippen MR) is 152 cm³/mol. The van der Waals surface area contributed by atoms with Crippen LogP contribution in [0.3, 0.4) is 0 Å². The zero-order chi connectivity index (χ0) is 24.6. The van der Waals surface area contributed by atoms with Gasteiger partial charge in [0.15, 0.2) is 11.3 Å². The van der Waals surface area contributed by atoms with Crippen molar-refractivity contribution in [1.29, 1.82) is 0 Å². The number of aromatic nitrogens is 4. The maximum atomic E-state index is 4.72. The van der Waals surface area contributed by atoms with Crippen LogP contribution in [0.15, 0.2) is 122 Å². The summed E-state index contributed by atoms with van der Waals surface area (Å²) in [6.45, 7) is 0. The average molecular weight is 493 g/mol. The average Bonchev–Trinajstić information content (AvgIpc) is 3.47. The Balaban J connectivity index is 1.12. The van der Waals surface area contributed by atoms with Crippen molar-refractivity contribution in [3.63, 3.8) is 0 Å². The lowest BCUT2D eigenvalue weighted by atomic mass is 10.1. The molecule has 4 nitrogen and oxygen atoms in total. The summed E-state index contributed by atoms with van der Waals surface area (Å²) in [4.78, 5) is 20.7. The number of pyridine rings is 4. The second-order valence-corrected chi connectivity index (χ2v) is 9.90. The van der Waals surface area contributed by atoms with E-state index >= 15 is 0 Å². The third-order valence-corrected chi connectivity index (χ3v) is 7.65. The van der Waals surface area contributed by atoms with Crippen molar-refractivity contribution in [1.82, 2.24) is 19.9 Å². The Bertz CT molecular complexity index is 1740. The van der Waals surface area contributed by atoms with E-state index in [-0.39, 0.29) is 0 Å². The molecule has 5 heterocycles. The Morgan fingerprint density at radius 2 is 0.838 bits per heavy atom. The second-order valence-electron chi connectivity index (χ2n) is 8.81. The molecule has 0 spiro atoms. The minimum Gasteiger partial charge on any atom is -0.237 e. The number of benzene rings is 2. The number of thiophene rings is 1. The van der Waals surface area contributed by atoms with Gasteiger partial charge in [0.1, 0.15) is 0 Å². The van der Waals surface area contributed by atoms with Crippen LogP contribution in [0.25, 0.3) is 65.5 Å². The molecular formula is C32H20N4S. The molecule has 5 heteroatoms. The quantitative estimate of drug-likeness (QED) is 0.248. The number of hydrogen-bond acceptors (Lipinski definition) is 5. The van der Waals surface area contributed by atoms with Gasteiger partial charge in [0, 0.05) is 44.0 Å². The first-order valence-corrected chi connectivity index (χ1v) is 12.9. The molecule has 0 amide bonds. The molecule has 0 aliphatic carbocycles. The van der Waals surface area contributed by atoms with Gasteiger partial charge in [-0.25, -0.2) is 19.9 Å². The number of fused-ring (bicyclic) bond motifs is 2. The van der Waals surface area contributed by atoms with Gasteiger partial charge in [-0.1, -0.05) is 48.5 Å². The Hall–Kier alpha value is -4.74. The van der Waals surface area contributed by atoms with E-state index in [9.17, 15) is 0 Å². The van der Waals surface area contributed by atoms with Crippen molar-refractivity contribution >= 4 is 33.4 Å². The van der Waals surface area contributed by atoms with Gasteiger partial charge in [0.25, 0.3) is 0 Å². The molecule has 37 heavy (non-hydrogen) atoms. The molecule has 0 unspecified atom stereocenters. The molecule has 7 aromatic rings. The van der Waals surface area contributed by atoms with Crippen molar-refractivity contribution in [3.8, 4) is 43.4 Å². The smallest absolute Gasteiger partial charge is 0.159 e. The Labute approximate surface area is 218 Å². The lowest BCUT2D eigenvalue weighted by Gasteiger charge is -2.05. The van der Waals surface area contributed by atoms with Crippen molar-refractivity contribution in [3.05, 3.63) is 122 Å². The van der Waals surface area contributed by atoms with Crippen molar-refractivity contribution in [2.24, 2.45) is 0 Å². The normalized spacial score (nSPS) is 11.2. The second kappa shape index (κ2) is 9.04. The maximum absolute atomic E-state index is 4.72. The van der Waals surface area contributed by atoms with Crippen LogP contribution in [0.5, 0.6) is 0 Å². The van der Waals surface area contributed by atoms with Gasteiger partial charge in [-0.3, -0.25) is 0 Å². The highest BCUT2D eigenvalue weighted by Crippen LogP contribution is 2.36.